The predicted octanol–water partition coefficient (Wildman–Crippen LogP) is 19.6. The maximum absolute atomic E-state index is 4.50. The second-order valence-electron chi connectivity index (χ2n) is 20.9. The summed E-state index contributed by atoms with van der Waals surface area (Å²) in [5.74, 6) is 0. The van der Waals surface area contributed by atoms with Crippen molar-refractivity contribution in [1.29, 1.82) is 0 Å². The summed E-state index contributed by atoms with van der Waals surface area (Å²) >= 11 is 0. The van der Waals surface area contributed by atoms with Gasteiger partial charge in [0.1, 0.15) is 0 Å². The van der Waals surface area contributed by atoms with Gasteiger partial charge in [0, 0.05) is 27.9 Å². The second-order valence-corrected chi connectivity index (χ2v) is 20.9. The lowest BCUT2D eigenvalue weighted by atomic mass is 9.81. The summed E-state index contributed by atoms with van der Waals surface area (Å²) in [6.07, 6.45) is 1.25. The van der Waals surface area contributed by atoms with E-state index in [0.717, 1.165) is 11.4 Å². The first-order chi connectivity index (χ1) is 35.2. The van der Waals surface area contributed by atoms with Crippen molar-refractivity contribution < 1.29 is 0 Å². The van der Waals surface area contributed by atoms with E-state index >= 15 is 0 Å². The van der Waals surface area contributed by atoms with Gasteiger partial charge in [-0.1, -0.05) is 246 Å². The maximum Gasteiger partial charge on any atom is 0.0465 e. The molecule has 2 aliphatic carbocycles. The molecule has 2 heteroatoms. The first kappa shape index (κ1) is 51.8. The number of hydrogen-bond donors (Lipinski definition) is 1. The van der Waals surface area contributed by atoms with Crippen molar-refractivity contribution in [1.82, 2.24) is 0 Å². The van der Waals surface area contributed by atoms with Gasteiger partial charge >= 0.3 is 0 Å². The molecular weight excluding hydrogens is 881 g/mol. The Morgan fingerprint density at radius 3 is 1.12 bits per heavy atom. The van der Waals surface area contributed by atoms with Crippen LogP contribution in [0.25, 0.3) is 54.9 Å². The molecule has 0 spiro atoms. The molecule has 2 N–H and O–H groups in total. The van der Waals surface area contributed by atoms with Crippen LogP contribution in [-0.2, 0) is 10.8 Å². The molecule has 0 bridgehead atoms. The van der Waals surface area contributed by atoms with Crippen molar-refractivity contribution in [2.24, 2.45) is 5.73 Å². The lowest BCUT2D eigenvalue weighted by Crippen LogP contribution is -2.16. The first-order valence-electron chi connectivity index (χ1n) is 26.1. The number of aryl methyl sites for hydroxylation is 5. The summed E-state index contributed by atoms with van der Waals surface area (Å²) in [4.78, 5) is 2.38. The van der Waals surface area contributed by atoms with Crippen LogP contribution in [0.5, 0.6) is 0 Å². The van der Waals surface area contributed by atoms with Crippen molar-refractivity contribution in [3.63, 3.8) is 0 Å². The van der Waals surface area contributed by atoms with E-state index in [9.17, 15) is 0 Å². The summed E-state index contributed by atoms with van der Waals surface area (Å²) in [6.45, 7) is 24.3. The SMILES string of the molecule is CCC.CN.Cc1ccc(-c2ccc(N(c3ccc(C)cc3)c3ccc4c(c3)C(C)(C)c3ccc5ccccc5c3-4)cc2)cc1.Cc1ccc(C)cc1.Cc1ccc2c(c1)C(C)(C)c1ccc3ccccc3c1-2. The number of nitrogens with two attached hydrogens (primary N) is 1. The monoisotopic (exact) mass is 955 g/mol. The molecule has 0 radical (unpaired) electrons. The summed E-state index contributed by atoms with van der Waals surface area (Å²) in [6, 6.07) is 75.6. The largest absolute Gasteiger partial charge is 0.333 e. The van der Waals surface area contributed by atoms with Gasteiger partial charge in [0.15, 0.2) is 0 Å². The van der Waals surface area contributed by atoms with Crippen molar-refractivity contribution in [3.05, 3.63) is 256 Å². The fourth-order valence-electron chi connectivity index (χ4n) is 10.6. The summed E-state index contributed by atoms with van der Waals surface area (Å²) < 4.78 is 0. The molecule has 0 heterocycles. The Labute approximate surface area is 437 Å². The highest BCUT2D eigenvalue weighted by Crippen LogP contribution is 2.54. The van der Waals surface area contributed by atoms with Gasteiger partial charge in [0.25, 0.3) is 0 Å². The van der Waals surface area contributed by atoms with E-state index in [1.54, 1.807) is 0 Å². The smallest absolute Gasteiger partial charge is 0.0465 e. The van der Waals surface area contributed by atoms with Gasteiger partial charge in [0.2, 0.25) is 0 Å². The highest BCUT2D eigenvalue weighted by molar-refractivity contribution is 6.04. The van der Waals surface area contributed by atoms with Crippen molar-refractivity contribution in [2.45, 2.75) is 93.4 Å². The van der Waals surface area contributed by atoms with E-state index in [2.05, 4.69) is 293 Å². The van der Waals surface area contributed by atoms with Gasteiger partial charge in [-0.15, -0.1) is 0 Å². The van der Waals surface area contributed by atoms with E-state index in [1.165, 1.54) is 124 Å². The van der Waals surface area contributed by atoms with Gasteiger partial charge in [-0.3, -0.25) is 0 Å². The van der Waals surface area contributed by atoms with E-state index in [-0.39, 0.29) is 10.8 Å². The topological polar surface area (TPSA) is 29.3 Å². The third-order valence-electron chi connectivity index (χ3n) is 14.5. The molecule has 2 nitrogen and oxygen atoms in total. The number of nitrogens with zero attached hydrogens (tertiary/aromatic N) is 1. The van der Waals surface area contributed by atoms with Gasteiger partial charge < -0.3 is 10.6 Å². The van der Waals surface area contributed by atoms with Crippen LogP contribution >= 0.6 is 0 Å². The molecular formula is C71H74N2. The lowest BCUT2D eigenvalue weighted by Gasteiger charge is -2.28. The van der Waals surface area contributed by atoms with Crippen molar-refractivity contribution >= 4 is 38.6 Å². The number of hydrogen-bond acceptors (Lipinski definition) is 2. The lowest BCUT2D eigenvalue weighted by molar-refractivity contribution is 0.660. The van der Waals surface area contributed by atoms with Crippen LogP contribution in [0, 0.1) is 34.6 Å². The molecule has 10 aromatic rings. The molecule has 368 valence electrons. The Morgan fingerprint density at radius 2 is 0.671 bits per heavy atom. The third kappa shape index (κ3) is 10.5. The molecule has 0 aromatic heterocycles. The minimum Gasteiger partial charge on any atom is -0.333 e. The minimum absolute atomic E-state index is 0.0844. The van der Waals surface area contributed by atoms with Crippen LogP contribution in [0.3, 0.4) is 0 Å². The number of fused-ring (bicyclic) bond motifs is 10. The zero-order valence-electron chi connectivity index (χ0n) is 45.4. The Morgan fingerprint density at radius 1 is 0.342 bits per heavy atom. The average molecular weight is 955 g/mol. The van der Waals surface area contributed by atoms with Crippen LogP contribution in [0.2, 0.25) is 0 Å². The molecule has 0 unspecified atom stereocenters. The molecule has 10 aromatic carbocycles. The van der Waals surface area contributed by atoms with Crippen LogP contribution in [-0.4, -0.2) is 7.05 Å². The normalized spacial score (nSPS) is 12.7. The maximum atomic E-state index is 4.50. The summed E-state index contributed by atoms with van der Waals surface area (Å²) in [7, 11) is 1.50. The van der Waals surface area contributed by atoms with Gasteiger partial charge in [0.05, 0.1) is 0 Å². The average Bonchev–Trinajstić information content (AvgIpc) is 3.78. The van der Waals surface area contributed by atoms with E-state index in [0.29, 0.717) is 0 Å². The first-order valence-corrected chi connectivity index (χ1v) is 26.1. The van der Waals surface area contributed by atoms with E-state index in [4.69, 9.17) is 0 Å². The Bertz CT molecular complexity index is 3460. The molecule has 0 amide bonds. The molecule has 0 aliphatic heterocycles. The predicted molar refractivity (Wildman–Crippen MR) is 319 cm³/mol. The Hall–Kier alpha value is -7.52. The standard InChI is InChI=1S/C39H33N.C20H18.C8H10.C3H8.CH5N/c1-26-9-13-28(14-10-26)29-15-20-32(21-16-29)40(31-18-11-27(2)12-19-31)33-22-23-35-37(25-33)39(3,4)36-24-17-30-7-5-6-8-34(30)38(35)36;1-13-8-10-16-18(12-13)20(2,3)17-11-9-14-6-4-5-7-15(14)19(16)17;1-7-3-5-8(2)6-4-7;1-3-2;1-2/h5-25H,1-4H3;4-12H,1-3H3;3-6H,1-2H3;3H2,1-2H3;2H2,1H3. The van der Waals surface area contributed by atoms with Crippen LogP contribution in [0.15, 0.2) is 206 Å². The second kappa shape index (κ2) is 22.1. The Balaban J connectivity index is 0.000000177. The highest BCUT2D eigenvalue weighted by atomic mass is 15.1. The molecule has 0 saturated carbocycles. The van der Waals surface area contributed by atoms with Crippen molar-refractivity contribution in [3.8, 4) is 33.4 Å². The highest BCUT2D eigenvalue weighted by Gasteiger charge is 2.38. The van der Waals surface area contributed by atoms with Gasteiger partial charge in [-0.25, -0.2) is 0 Å². The van der Waals surface area contributed by atoms with Crippen LogP contribution in [0.4, 0.5) is 17.1 Å². The molecule has 0 atom stereocenters. The minimum atomic E-state index is -0.0844. The van der Waals surface area contributed by atoms with Gasteiger partial charge in [-0.2, -0.15) is 0 Å². The van der Waals surface area contributed by atoms with E-state index in [1.807, 2.05) is 0 Å². The molecule has 0 saturated heterocycles. The van der Waals surface area contributed by atoms with Gasteiger partial charge in [-0.05, 0) is 155 Å². The Kier molecular flexibility index (Phi) is 15.7. The van der Waals surface area contributed by atoms with Crippen molar-refractivity contribution in [2.75, 3.05) is 11.9 Å². The molecule has 12 rings (SSSR count). The zero-order valence-corrected chi connectivity index (χ0v) is 45.4. The summed E-state index contributed by atoms with van der Waals surface area (Å²) in [5.41, 5.74) is 28.3. The van der Waals surface area contributed by atoms with Crippen LogP contribution in [0.1, 0.15) is 98.0 Å². The number of anilines is 3. The van der Waals surface area contributed by atoms with Crippen LogP contribution < -0.4 is 10.6 Å². The molecule has 0 fully saturated rings. The molecule has 73 heavy (non-hydrogen) atoms. The zero-order chi connectivity index (χ0) is 52.0. The quantitative estimate of drug-likeness (QED) is 0.190. The fourth-order valence-corrected chi connectivity index (χ4v) is 10.6. The fraction of sp³-hybridized carbons (Fsp3) is 0.211. The van der Waals surface area contributed by atoms with E-state index < -0.39 is 0 Å². The third-order valence-corrected chi connectivity index (χ3v) is 14.5. The molecule has 2 aliphatic rings. The summed E-state index contributed by atoms with van der Waals surface area (Å²) in [5, 5.41) is 5.33. The number of rotatable bonds is 4. The number of benzene rings is 10.